The van der Waals surface area contributed by atoms with Gasteiger partial charge in [-0.1, -0.05) is 347 Å². The lowest BCUT2D eigenvalue weighted by molar-refractivity contribution is -0.870. The Morgan fingerprint density at radius 2 is 0.682 bits per heavy atom. The number of unbranched alkanes of at least 4 members (excludes halogenated alkanes) is 52. The van der Waals surface area contributed by atoms with E-state index in [4.69, 9.17) is 13.8 Å². The summed E-state index contributed by atoms with van der Waals surface area (Å²) >= 11 is 0. The minimum absolute atomic E-state index is 0.0446. The summed E-state index contributed by atoms with van der Waals surface area (Å²) < 4.78 is 30.9. The Labute approximate surface area is 530 Å². The van der Waals surface area contributed by atoms with Crippen LogP contribution in [0, 0.1) is 0 Å². The first-order chi connectivity index (χ1) is 41.4. The minimum Gasteiger partial charge on any atom is -0.456 e. The van der Waals surface area contributed by atoms with Crippen molar-refractivity contribution in [3.8, 4) is 0 Å². The molecule has 0 aliphatic heterocycles. The largest absolute Gasteiger partial charge is 0.472 e. The normalized spacial score (nSPS) is 13.5. The fraction of sp³-hybridized carbons (Fsp3) is 0.920. The number of phosphoric ester groups is 1. The van der Waals surface area contributed by atoms with Crippen molar-refractivity contribution in [2.75, 3.05) is 40.9 Å². The summed E-state index contributed by atoms with van der Waals surface area (Å²) in [7, 11) is 1.52. The number of rotatable bonds is 70. The number of carbonyl (C=O) groups excluding carboxylic acids is 2. The predicted molar refractivity (Wildman–Crippen MR) is 370 cm³/mol. The molecule has 0 aliphatic carbocycles. The van der Waals surface area contributed by atoms with Crippen LogP contribution in [0.25, 0.3) is 0 Å². The standard InChI is InChI=1S/C75H147N2O7P/c1-7-10-13-16-19-22-25-28-30-32-34-36-38-40-42-44-46-49-52-55-58-61-64-67-74(78)76-72(71-83-85(80,81)82-70-69-77(4,5)6)73(66-63-60-57-54-51-48-27-24-21-18-15-12-9-3)84-75(79)68-65-62-59-56-53-50-47-45-43-41-39-37-35-33-31-29-26-23-20-17-14-11-8-2/h28,30,63,66,72-73H,7-27,29,31-62,64-65,67-71H2,1-6H3,(H-,76,78,80,81)/p+1/b30-28+,66-63+. The van der Waals surface area contributed by atoms with Gasteiger partial charge in [0.15, 0.2) is 0 Å². The third kappa shape index (κ3) is 66.7. The number of nitrogens with zero attached hydrogens (tertiary/aromatic N) is 1. The van der Waals surface area contributed by atoms with Crippen LogP contribution in [-0.2, 0) is 27.9 Å². The lowest BCUT2D eigenvalue weighted by Crippen LogP contribution is -2.47. The van der Waals surface area contributed by atoms with Gasteiger partial charge in [-0.25, -0.2) is 4.57 Å². The van der Waals surface area contributed by atoms with Gasteiger partial charge in [0.1, 0.15) is 19.3 Å². The van der Waals surface area contributed by atoms with Gasteiger partial charge >= 0.3 is 13.8 Å². The number of hydrogen-bond donors (Lipinski definition) is 2. The summed E-state index contributed by atoms with van der Waals surface area (Å²) in [6.07, 6.45) is 80.5. The zero-order chi connectivity index (χ0) is 62.1. The highest BCUT2D eigenvalue weighted by molar-refractivity contribution is 7.47. The molecule has 0 aromatic carbocycles. The smallest absolute Gasteiger partial charge is 0.456 e. The van der Waals surface area contributed by atoms with Gasteiger partial charge in [-0.15, -0.1) is 0 Å². The van der Waals surface area contributed by atoms with Crippen molar-refractivity contribution in [2.24, 2.45) is 0 Å². The van der Waals surface area contributed by atoms with E-state index in [0.717, 1.165) is 57.8 Å². The van der Waals surface area contributed by atoms with Crippen molar-refractivity contribution in [3.63, 3.8) is 0 Å². The van der Waals surface area contributed by atoms with E-state index in [9.17, 15) is 19.0 Å². The van der Waals surface area contributed by atoms with E-state index in [1.54, 1.807) is 0 Å². The number of quaternary nitrogens is 1. The molecule has 504 valence electrons. The molecule has 1 amide bonds. The molecular formula is C75H148N2O7P+. The fourth-order valence-electron chi connectivity index (χ4n) is 11.6. The zero-order valence-corrected chi connectivity index (χ0v) is 58.8. The molecule has 0 heterocycles. The molecule has 3 unspecified atom stereocenters. The van der Waals surface area contributed by atoms with Gasteiger partial charge < -0.3 is 19.4 Å². The molecule has 0 radical (unpaired) electrons. The molecule has 0 saturated heterocycles. The predicted octanol–water partition coefficient (Wildman–Crippen LogP) is 24.0. The van der Waals surface area contributed by atoms with Crippen molar-refractivity contribution >= 4 is 19.7 Å². The van der Waals surface area contributed by atoms with E-state index in [1.807, 2.05) is 27.2 Å². The van der Waals surface area contributed by atoms with Gasteiger partial charge in [0.2, 0.25) is 5.91 Å². The molecular weight excluding hydrogens is 1070 g/mol. The highest BCUT2D eigenvalue weighted by Gasteiger charge is 2.30. The zero-order valence-electron chi connectivity index (χ0n) is 57.9. The molecule has 0 aromatic heterocycles. The lowest BCUT2D eigenvalue weighted by atomic mass is 10.0. The number of likely N-dealkylation sites (N-methyl/N-ethyl adjacent to an activating group) is 1. The Morgan fingerprint density at radius 3 is 1.00 bits per heavy atom. The number of nitrogens with one attached hydrogen (secondary N) is 1. The van der Waals surface area contributed by atoms with Crippen LogP contribution >= 0.6 is 7.82 Å². The van der Waals surface area contributed by atoms with Crippen molar-refractivity contribution in [1.29, 1.82) is 0 Å². The summed E-state index contributed by atoms with van der Waals surface area (Å²) in [4.78, 5) is 38.0. The van der Waals surface area contributed by atoms with E-state index < -0.39 is 20.0 Å². The first-order valence-electron chi connectivity index (χ1n) is 37.7. The number of esters is 1. The van der Waals surface area contributed by atoms with Crippen LogP contribution in [0.1, 0.15) is 393 Å². The summed E-state index contributed by atoms with van der Waals surface area (Å²) in [5, 5.41) is 3.09. The Balaban J connectivity index is 5.01. The Morgan fingerprint density at radius 1 is 0.400 bits per heavy atom. The van der Waals surface area contributed by atoms with E-state index in [-0.39, 0.29) is 25.1 Å². The highest BCUT2D eigenvalue weighted by atomic mass is 31.2. The summed E-state index contributed by atoms with van der Waals surface area (Å²) in [5.74, 6) is -0.479. The van der Waals surface area contributed by atoms with E-state index in [0.29, 0.717) is 23.9 Å². The van der Waals surface area contributed by atoms with E-state index in [2.05, 4.69) is 44.3 Å². The maximum absolute atomic E-state index is 13.6. The first kappa shape index (κ1) is 83.5. The quantitative estimate of drug-likeness (QED) is 0.0205. The second-order valence-corrected chi connectivity index (χ2v) is 28.6. The molecule has 2 N–H and O–H groups in total. The molecule has 0 bridgehead atoms. The summed E-state index contributed by atoms with van der Waals surface area (Å²) in [6.45, 7) is 7.09. The fourth-order valence-corrected chi connectivity index (χ4v) is 12.3. The molecule has 3 atom stereocenters. The van der Waals surface area contributed by atoms with Crippen molar-refractivity contribution < 1.29 is 37.3 Å². The number of hydrogen-bond acceptors (Lipinski definition) is 6. The molecule has 10 heteroatoms. The van der Waals surface area contributed by atoms with E-state index in [1.165, 1.54) is 302 Å². The topological polar surface area (TPSA) is 111 Å². The maximum Gasteiger partial charge on any atom is 0.472 e. The number of allylic oxidation sites excluding steroid dienone is 3. The highest BCUT2D eigenvalue weighted by Crippen LogP contribution is 2.43. The van der Waals surface area contributed by atoms with Gasteiger partial charge in [0.05, 0.1) is 33.8 Å². The number of phosphoric acid groups is 1. The van der Waals surface area contributed by atoms with Crippen LogP contribution in [0.3, 0.4) is 0 Å². The first-order valence-corrected chi connectivity index (χ1v) is 39.2. The van der Waals surface area contributed by atoms with Gasteiger partial charge in [-0.05, 0) is 57.4 Å². The second-order valence-electron chi connectivity index (χ2n) is 27.2. The third-order valence-corrected chi connectivity index (χ3v) is 18.4. The van der Waals surface area contributed by atoms with Crippen LogP contribution in [0.2, 0.25) is 0 Å². The minimum atomic E-state index is -4.45. The van der Waals surface area contributed by atoms with Gasteiger partial charge in [-0.3, -0.25) is 18.6 Å². The molecule has 9 nitrogen and oxygen atoms in total. The maximum atomic E-state index is 13.6. The lowest BCUT2D eigenvalue weighted by Gasteiger charge is -2.27. The van der Waals surface area contributed by atoms with Crippen molar-refractivity contribution in [2.45, 2.75) is 405 Å². The average molecular weight is 1220 g/mol. The monoisotopic (exact) mass is 1220 g/mol. The van der Waals surface area contributed by atoms with Crippen molar-refractivity contribution in [1.82, 2.24) is 5.32 Å². The van der Waals surface area contributed by atoms with Crippen LogP contribution in [0.4, 0.5) is 0 Å². The molecule has 0 aromatic rings. The Bertz CT molecular complexity index is 1500. The summed E-state index contributed by atoms with van der Waals surface area (Å²) in [5.41, 5.74) is 0. The molecule has 0 rings (SSSR count). The average Bonchev–Trinajstić information content (AvgIpc) is 3.52. The van der Waals surface area contributed by atoms with Crippen LogP contribution in [0.5, 0.6) is 0 Å². The van der Waals surface area contributed by atoms with Crippen LogP contribution < -0.4 is 5.32 Å². The Kier molecular flexibility index (Phi) is 64.3. The third-order valence-electron chi connectivity index (χ3n) is 17.4. The van der Waals surface area contributed by atoms with Gasteiger partial charge in [-0.2, -0.15) is 0 Å². The second kappa shape index (κ2) is 65.4. The van der Waals surface area contributed by atoms with Crippen molar-refractivity contribution in [3.05, 3.63) is 24.3 Å². The Hall–Kier alpha value is -1.51. The number of carbonyl (C=O) groups is 2. The van der Waals surface area contributed by atoms with Crippen LogP contribution in [0.15, 0.2) is 24.3 Å². The van der Waals surface area contributed by atoms with Gasteiger partial charge in [0, 0.05) is 12.8 Å². The SMILES string of the molecule is CCCCCCCC/C=C/CCCCCCCCCCCCCCCC(=O)NC(COP(=O)(O)OCC[N+](C)(C)C)C(/C=C/CCCCCCCCCCCCC)OC(=O)CCCCCCCCCCCCCCCCCCCCCCCCC. The molecule has 0 spiro atoms. The van der Waals surface area contributed by atoms with Crippen LogP contribution in [-0.4, -0.2) is 74.3 Å². The summed E-state index contributed by atoms with van der Waals surface area (Å²) in [6, 6.07) is -0.844. The molecule has 0 fully saturated rings. The van der Waals surface area contributed by atoms with Gasteiger partial charge in [0.25, 0.3) is 0 Å². The molecule has 0 saturated carbocycles. The number of ether oxygens (including phenoxy) is 1. The molecule has 0 aliphatic rings. The molecule has 85 heavy (non-hydrogen) atoms. The van der Waals surface area contributed by atoms with E-state index >= 15 is 0 Å². The number of amides is 1.